The van der Waals surface area contributed by atoms with Crippen molar-refractivity contribution in [3.05, 3.63) is 59.9 Å². The van der Waals surface area contributed by atoms with Crippen LogP contribution in [0.3, 0.4) is 0 Å². The molecular formula is C15H15N5OS. The lowest BCUT2D eigenvalue weighted by Crippen LogP contribution is -2.04. The third kappa shape index (κ3) is 3.62. The highest BCUT2D eigenvalue weighted by molar-refractivity contribution is 7.98. The minimum atomic E-state index is 0.627. The van der Waals surface area contributed by atoms with Gasteiger partial charge in [0.2, 0.25) is 5.16 Å². The molecule has 0 amide bonds. The van der Waals surface area contributed by atoms with Crippen LogP contribution in [-0.4, -0.2) is 32.3 Å². The lowest BCUT2D eigenvalue weighted by molar-refractivity contribution is 0.414. The highest BCUT2D eigenvalue weighted by Crippen LogP contribution is 2.20. The number of nitrogens with zero attached hydrogens (tertiary/aromatic N) is 5. The van der Waals surface area contributed by atoms with Crippen molar-refractivity contribution in [1.29, 1.82) is 0 Å². The molecule has 2 aromatic heterocycles. The molecule has 7 heteroatoms. The van der Waals surface area contributed by atoms with E-state index in [1.807, 2.05) is 42.5 Å². The van der Waals surface area contributed by atoms with Crippen molar-refractivity contribution >= 4 is 11.8 Å². The number of tetrazole rings is 1. The zero-order valence-corrected chi connectivity index (χ0v) is 12.9. The molecule has 0 aliphatic rings. The van der Waals surface area contributed by atoms with Gasteiger partial charge in [-0.3, -0.25) is 4.98 Å². The summed E-state index contributed by atoms with van der Waals surface area (Å²) in [5, 5.41) is 12.7. The van der Waals surface area contributed by atoms with Crippen molar-refractivity contribution in [2.45, 2.75) is 17.5 Å². The van der Waals surface area contributed by atoms with Crippen molar-refractivity contribution in [2.75, 3.05) is 7.11 Å². The van der Waals surface area contributed by atoms with E-state index in [0.29, 0.717) is 6.54 Å². The molecule has 3 aromatic rings. The van der Waals surface area contributed by atoms with E-state index in [1.165, 1.54) is 0 Å². The van der Waals surface area contributed by atoms with Gasteiger partial charge in [-0.05, 0) is 40.3 Å². The van der Waals surface area contributed by atoms with Crippen LogP contribution in [0.15, 0.2) is 53.8 Å². The highest BCUT2D eigenvalue weighted by Gasteiger charge is 2.08. The smallest absolute Gasteiger partial charge is 0.210 e. The molecule has 0 aliphatic heterocycles. The van der Waals surface area contributed by atoms with Crippen molar-refractivity contribution in [1.82, 2.24) is 25.2 Å². The van der Waals surface area contributed by atoms with Crippen LogP contribution in [-0.2, 0) is 12.3 Å². The van der Waals surface area contributed by atoms with E-state index >= 15 is 0 Å². The lowest BCUT2D eigenvalue weighted by Gasteiger charge is -2.05. The van der Waals surface area contributed by atoms with Gasteiger partial charge in [0, 0.05) is 11.9 Å². The summed E-state index contributed by atoms with van der Waals surface area (Å²) in [4.78, 5) is 4.30. The molecule has 112 valence electrons. The van der Waals surface area contributed by atoms with E-state index in [-0.39, 0.29) is 0 Å². The van der Waals surface area contributed by atoms with Gasteiger partial charge in [-0.1, -0.05) is 30.0 Å². The molecule has 0 spiro atoms. The Bertz CT molecular complexity index is 714. The summed E-state index contributed by atoms with van der Waals surface area (Å²) in [6.45, 7) is 0.627. The molecule has 1 aromatic carbocycles. The highest BCUT2D eigenvalue weighted by atomic mass is 32.2. The predicted molar refractivity (Wildman–Crippen MR) is 83.7 cm³/mol. The normalized spacial score (nSPS) is 10.6. The zero-order valence-electron chi connectivity index (χ0n) is 12.1. The van der Waals surface area contributed by atoms with Gasteiger partial charge in [-0.15, -0.1) is 5.10 Å². The number of benzene rings is 1. The van der Waals surface area contributed by atoms with Crippen LogP contribution in [0.25, 0.3) is 0 Å². The van der Waals surface area contributed by atoms with Gasteiger partial charge in [-0.2, -0.15) is 0 Å². The van der Waals surface area contributed by atoms with E-state index in [9.17, 15) is 0 Å². The fourth-order valence-electron chi connectivity index (χ4n) is 1.92. The van der Waals surface area contributed by atoms with Gasteiger partial charge >= 0.3 is 0 Å². The quantitative estimate of drug-likeness (QED) is 0.651. The molecule has 0 saturated heterocycles. The maximum atomic E-state index is 5.16. The van der Waals surface area contributed by atoms with Gasteiger partial charge < -0.3 is 4.74 Å². The number of rotatable bonds is 6. The van der Waals surface area contributed by atoms with Gasteiger partial charge in [0.25, 0.3) is 0 Å². The van der Waals surface area contributed by atoms with Crippen LogP contribution < -0.4 is 4.74 Å². The molecule has 6 nitrogen and oxygen atoms in total. The number of hydrogen-bond donors (Lipinski definition) is 0. The Hall–Kier alpha value is -2.41. The summed E-state index contributed by atoms with van der Waals surface area (Å²) in [6.07, 6.45) is 1.79. The van der Waals surface area contributed by atoms with Gasteiger partial charge in [0.15, 0.2) is 0 Å². The molecule has 22 heavy (non-hydrogen) atoms. The summed E-state index contributed by atoms with van der Waals surface area (Å²) < 4.78 is 6.94. The van der Waals surface area contributed by atoms with Crippen molar-refractivity contribution in [2.24, 2.45) is 0 Å². The summed E-state index contributed by atoms with van der Waals surface area (Å²) in [7, 11) is 1.66. The molecule has 0 atom stereocenters. The molecule has 0 radical (unpaired) electrons. The molecule has 0 aliphatic carbocycles. The number of ether oxygens (including phenoxy) is 1. The summed E-state index contributed by atoms with van der Waals surface area (Å²) in [5.74, 6) is 1.58. The second-order valence-corrected chi connectivity index (χ2v) is 5.52. The van der Waals surface area contributed by atoms with Crippen LogP contribution in [0.5, 0.6) is 5.75 Å². The second-order valence-electron chi connectivity index (χ2n) is 4.58. The first-order chi connectivity index (χ1) is 10.8. The zero-order chi connectivity index (χ0) is 15.2. The molecule has 0 unspecified atom stereocenters. The van der Waals surface area contributed by atoms with E-state index in [1.54, 1.807) is 29.8 Å². The molecule has 2 heterocycles. The summed E-state index contributed by atoms with van der Waals surface area (Å²) in [5.41, 5.74) is 2.12. The Morgan fingerprint density at radius 2 is 2.00 bits per heavy atom. The first-order valence-electron chi connectivity index (χ1n) is 6.77. The Morgan fingerprint density at radius 1 is 1.14 bits per heavy atom. The third-order valence-corrected chi connectivity index (χ3v) is 4.06. The Balaban J connectivity index is 1.66. The largest absolute Gasteiger partial charge is 0.497 e. The average molecular weight is 313 g/mol. The molecule has 0 saturated carbocycles. The van der Waals surface area contributed by atoms with Gasteiger partial charge in [0.05, 0.1) is 19.3 Å². The molecule has 0 fully saturated rings. The molecule has 0 N–H and O–H groups in total. The van der Waals surface area contributed by atoms with Gasteiger partial charge in [0.1, 0.15) is 5.75 Å². The standard InChI is InChI=1S/C15H15N5OS/c1-21-14-7-5-12(6-8-14)10-20-15(17-18-19-20)22-11-13-4-2-3-9-16-13/h2-9H,10-11H2,1H3. The first-order valence-corrected chi connectivity index (χ1v) is 7.75. The topological polar surface area (TPSA) is 65.7 Å². The van der Waals surface area contributed by atoms with Crippen molar-refractivity contribution in [3.8, 4) is 5.75 Å². The molecule has 3 rings (SSSR count). The third-order valence-electron chi connectivity index (χ3n) is 3.07. The SMILES string of the molecule is COc1ccc(Cn2nnnc2SCc2ccccn2)cc1. The van der Waals surface area contributed by atoms with Crippen LogP contribution in [0.1, 0.15) is 11.3 Å². The summed E-state index contributed by atoms with van der Waals surface area (Å²) >= 11 is 1.57. The number of aromatic nitrogens is 5. The molecule has 0 bridgehead atoms. The fourth-order valence-corrected chi connectivity index (χ4v) is 2.72. The van der Waals surface area contributed by atoms with E-state index in [4.69, 9.17) is 4.74 Å². The Labute approximate surface area is 132 Å². The number of pyridine rings is 1. The Kier molecular flexibility index (Phi) is 4.65. The van der Waals surface area contributed by atoms with Crippen LogP contribution >= 0.6 is 11.8 Å². The van der Waals surface area contributed by atoms with E-state index in [2.05, 4.69) is 20.5 Å². The monoisotopic (exact) mass is 313 g/mol. The van der Waals surface area contributed by atoms with Gasteiger partial charge in [-0.25, -0.2) is 4.68 Å². The number of hydrogen-bond acceptors (Lipinski definition) is 6. The minimum absolute atomic E-state index is 0.627. The van der Waals surface area contributed by atoms with E-state index < -0.39 is 0 Å². The first kappa shape index (κ1) is 14.5. The van der Waals surface area contributed by atoms with Crippen LogP contribution in [0.4, 0.5) is 0 Å². The van der Waals surface area contributed by atoms with Crippen molar-refractivity contribution < 1.29 is 4.74 Å². The Morgan fingerprint density at radius 3 is 2.73 bits per heavy atom. The minimum Gasteiger partial charge on any atom is -0.497 e. The lowest BCUT2D eigenvalue weighted by atomic mass is 10.2. The maximum Gasteiger partial charge on any atom is 0.210 e. The fraction of sp³-hybridized carbons (Fsp3) is 0.200. The number of methoxy groups -OCH3 is 1. The predicted octanol–water partition coefficient (Wildman–Crippen LogP) is 2.42. The maximum absolute atomic E-state index is 5.16. The van der Waals surface area contributed by atoms with Crippen LogP contribution in [0.2, 0.25) is 0 Å². The van der Waals surface area contributed by atoms with Crippen LogP contribution in [0, 0.1) is 0 Å². The number of thioether (sulfide) groups is 1. The average Bonchev–Trinajstić information content (AvgIpc) is 3.02. The van der Waals surface area contributed by atoms with Crippen molar-refractivity contribution in [3.63, 3.8) is 0 Å². The summed E-state index contributed by atoms with van der Waals surface area (Å²) in [6, 6.07) is 13.7. The second kappa shape index (κ2) is 7.04. The van der Waals surface area contributed by atoms with E-state index in [0.717, 1.165) is 27.9 Å². The molecular weight excluding hydrogens is 298 g/mol.